The number of hydrogen-bond acceptors (Lipinski definition) is 12. The van der Waals surface area contributed by atoms with Crippen molar-refractivity contribution in [3.63, 3.8) is 0 Å². The first-order chi connectivity index (χ1) is 15.5. The lowest BCUT2D eigenvalue weighted by Gasteiger charge is -2.42. The van der Waals surface area contributed by atoms with E-state index in [9.17, 15) is 24.3 Å². The highest BCUT2D eigenvalue weighted by atomic mass is 35.5. The zero-order valence-electron chi connectivity index (χ0n) is 17.8. The van der Waals surface area contributed by atoms with Crippen LogP contribution in [0.5, 0.6) is 0 Å². The summed E-state index contributed by atoms with van der Waals surface area (Å²) >= 11 is 6.03. The largest absolute Gasteiger partial charge is 0.479 e. The number of carboxylic acid groups (broad SMARTS) is 1. The molecule has 0 amide bonds. The molecule has 5 atom stereocenters. The van der Waals surface area contributed by atoms with Crippen LogP contribution in [0, 0.1) is 6.92 Å². The zero-order chi connectivity index (χ0) is 24.4. The van der Waals surface area contributed by atoms with E-state index in [4.69, 9.17) is 35.4 Å². The van der Waals surface area contributed by atoms with Gasteiger partial charge in [-0.3, -0.25) is 14.4 Å². The second-order valence-corrected chi connectivity index (χ2v) is 7.24. The molecule has 2 aromatic rings. The minimum Gasteiger partial charge on any atom is -0.479 e. The third-order valence-electron chi connectivity index (χ3n) is 4.37. The van der Waals surface area contributed by atoms with Crippen LogP contribution in [0.15, 0.2) is 6.33 Å². The molecular weight excluding hydrogens is 468 g/mol. The first-order valence-electron chi connectivity index (χ1n) is 9.42. The van der Waals surface area contributed by atoms with E-state index in [0.29, 0.717) is 0 Å². The van der Waals surface area contributed by atoms with Crippen LogP contribution in [-0.4, -0.2) is 79.4 Å². The molecular formula is C18H19ClN4O10. The van der Waals surface area contributed by atoms with Gasteiger partial charge in [0, 0.05) is 20.8 Å². The Morgan fingerprint density at radius 3 is 2.15 bits per heavy atom. The maximum atomic E-state index is 11.9. The summed E-state index contributed by atoms with van der Waals surface area (Å²) in [5, 5.41) is 9.70. The summed E-state index contributed by atoms with van der Waals surface area (Å²) in [5.74, 6) is -3.90. The van der Waals surface area contributed by atoms with Crippen LogP contribution in [0.4, 0.5) is 0 Å². The fourth-order valence-electron chi connectivity index (χ4n) is 3.24. The van der Waals surface area contributed by atoms with Gasteiger partial charge in [-0.15, -0.1) is 4.73 Å². The lowest BCUT2D eigenvalue weighted by molar-refractivity contribution is -0.300. The Bertz CT molecular complexity index is 1110. The number of carbonyl (C=O) groups is 4. The highest BCUT2D eigenvalue weighted by Gasteiger charge is 2.56. The van der Waals surface area contributed by atoms with Crippen LogP contribution in [0.3, 0.4) is 0 Å². The Labute approximate surface area is 190 Å². The average molecular weight is 487 g/mol. The molecule has 0 spiro atoms. The van der Waals surface area contributed by atoms with Crippen LogP contribution < -0.4 is 4.84 Å². The molecule has 1 aliphatic heterocycles. The molecule has 1 fully saturated rings. The number of carbonyl (C=O) groups excluding carboxylic acids is 3. The molecule has 3 rings (SSSR count). The quantitative estimate of drug-likeness (QED) is 0.323. The normalized spacial score (nSPS) is 24.7. The first-order valence-corrected chi connectivity index (χ1v) is 9.80. The maximum absolute atomic E-state index is 11.9. The van der Waals surface area contributed by atoms with Crippen molar-refractivity contribution in [1.82, 2.24) is 19.7 Å². The van der Waals surface area contributed by atoms with Crippen molar-refractivity contribution in [3.05, 3.63) is 17.3 Å². The third-order valence-corrected chi connectivity index (χ3v) is 4.65. The van der Waals surface area contributed by atoms with E-state index in [0.717, 1.165) is 31.8 Å². The van der Waals surface area contributed by atoms with Gasteiger partial charge >= 0.3 is 23.9 Å². The van der Waals surface area contributed by atoms with E-state index >= 15 is 0 Å². The molecule has 3 heterocycles. The van der Waals surface area contributed by atoms with E-state index in [1.54, 1.807) is 0 Å². The number of imidazole rings is 1. The molecule has 0 aliphatic carbocycles. The predicted octanol–water partition coefficient (Wildman–Crippen LogP) is -0.179. The number of rotatable bonds is 6. The molecule has 1 aliphatic rings. The summed E-state index contributed by atoms with van der Waals surface area (Å²) in [6.07, 6.45) is -7.12. The highest BCUT2D eigenvalue weighted by Crippen LogP contribution is 2.30. The Morgan fingerprint density at radius 1 is 1.00 bits per heavy atom. The van der Waals surface area contributed by atoms with Crippen LogP contribution in [0.1, 0.15) is 26.6 Å². The molecule has 15 heteroatoms. The summed E-state index contributed by atoms with van der Waals surface area (Å²) in [7, 11) is 0. The maximum Gasteiger partial charge on any atom is 0.337 e. The van der Waals surface area contributed by atoms with Crippen molar-refractivity contribution in [3.8, 4) is 0 Å². The molecule has 33 heavy (non-hydrogen) atoms. The number of esters is 3. The van der Waals surface area contributed by atoms with E-state index in [2.05, 4.69) is 15.0 Å². The average Bonchev–Trinajstić information content (AvgIpc) is 3.01. The van der Waals surface area contributed by atoms with E-state index < -0.39 is 54.6 Å². The first kappa shape index (κ1) is 24.1. The summed E-state index contributed by atoms with van der Waals surface area (Å²) in [6, 6.07) is 0. The Balaban J connectivity index is 2.08. The second-order valence-electron chi connectivity index (χ2n) is 6.88. The van der Waals surface area contributed by atoms with Crippen LogP contribution in [-0.2, 0) is 38.1 Å². The van der Waals surface area contributed by atoms with Gasteiger partial charge in [0.05, 0.1) is 0 Å². The van der Waals surface area contributed by atoms with E-state index in [1.165, 1.54) is 6.92 Å². The summed E-state index contributed by atoms with van der Waals surface area (Å²) in [4.78, 5) is 64.9. The van der Waals surface area contributed by atoms with Crippen LogP contribution in [0.25, 0.3) is 11.2 Å². The molecule has 1 N–H and O–H groups in total. The number of hydrogen-bond donors (Lipinski definition) is 1. The topological polar surface area (TPSA) is 178 Å². The monoisotopic (exact) mass is 486 g/mol. The molecule has 14 nitrogen and oxygen atoms in total. The molecule has 0 bridgehead atoms. The lowest BCUT2D eigenvalue weighted by atomic mass is 9.98. The van der Waals surface area contributed by atoms with E-state index in [-0.39, 0.29) is 22.1 Å². The van der Waals surface area contributed by atoms with Gasteiger partial charge in [-0.05, 0) is 6.92 Å². The lowest BCUT2D eigenvalue weighted by Crippen LogP contribution is -2.65. The molecule has 1 saturated heterocycles. The van der Waals surface area contributed by atoms with Gasteiger partial charge in [-0.25, -0.2) is 19.7 Å². The fraction of sp³-hybridized carbons (Fsp3) is 0.500. The third kappa shape index (κ3) is 5.12. The zero-order valence-corrected chi connectivity index (χ0v) is 18.5. The number of ether oxygens (including phenoxy) is 4. The molecule has 2 aromatic heterocycles. The van der Waals surface area contributed by atoms with Crippen molar-refractivity contribution in [2.45, 2.75) is 58.4 Å². The Hall–Kier alpha value is -3.52. The standard InChI is InChI=1S/C18H19ClN4O10/c1-6-22-10-15(19)20-5-21-16(10)23(6)33-18-14(31-9(4)26)12(30-8(3)25)11(29-7(2)24)13(32-18)17(27)28/h5,11-14,18H,1-4H3,(H,27,28)/t11-,12-,13-,14+,18-/m0/s1. The summed E-state index contributed by atoms with van der Waals surface area (Å²) in [5.41, 5.74) is 0.288. The SMILES string of the molecule is CC(=O)O[C@@H]1[C@@H](OC(C)=O)[C@H](On2c(C)nc3c(Cl)ncnc32)O[C@H](C(=O)O)[C@H]1OC(C)=O. The fourth-order valence-corrected chi connectivity index (χ4v) is 3.41. The predicted molar refractivity (Wildman–Crippen MR) is 105 cm³/mol. The van der Waals surface area contributed by atoms with E-state index in [1.807, 2.05) is 0 Å². The van der Waals surface area contributed by atoms with Crippen molar-refractivity contribution in [2.75, 3.05) is 0 Å². The molecule has 0 unspecified atom stereocenters. The number of fused-ring (bicyclic) bond motifs is 1. The minimum atomic E-state index is -1.84. The van der Waals surface area contributed by atoms with Gasteiger partial charge in [-0.2, -0.15) is 0 Å². The smallest absolute Gasteiger partial charge is 0.337 e. The number of aryl methyl sites for hydroxylation is 1. The van der Waals surface area contributed by atoms with Gasteiger partial charge in [0.1, 0.15) is 17.7 Å². The number of carboxylic acids is 1. The second kappa shape index (κ2) is 9.54. The van der Waals surface area contributed by atoms with Crippen LogP contribution >= 0.6 is 11.6 Å². The van der Waals surface area contributed by atoms with Crippen molar-refractivity contribution >= 4 is 46.6 Å². The molecule has 0 aromatic carbocycles. The van der Waals surface area contributed by atoms with Crippen LogP contribution in [0.2, 0.25) is 5.15 Å². The van der Waals surface area contributed by atoms with Crippen molar-refractivity contribution in [2.24, 2.45) is 0 Å². The van der Waals surface area contributed by atoms with Gasteiger partial charge in [0.2, 0.25) is 11.8 Å². The number of aromatic nitrogens is 4. The van der Waals surface area contributed by atoms with Gasteiger partial charge in [0.15, 0.2) is 23.5 Å². The van der Waals surface area contributed by atoms with Crippen molar-refractivity contribution < 1.29 is 48.1 Å². The number of nitrogens with zero attached hydrogens (tertiary/aromatic N) is 4. The highest BCUT2D eigenvalue weighted by molar-refractivity contribution is 6.33. The molecule has 0 radical (unpaired) electrons. The summed E-state index contributed by atoms with van der Waals surface area (Å²) < 4.78 is 22.1. The van der Waals surface area contributed by atoms with Crippen molar-refractivity contribution in [1.29, 1.82) is 0 Å². The molecule has 178 valence electrons. The Kier molecular flexibility index (Phi) is 6.98. The minimum absolute atomic E-state index is 0.0303. The number of halogens is 1. The molecule has 0 saturated carbocycles. The summed E-state index contributed by atoms with van der Waals surface area (Å²) in [6.45, 7) is 4.67. The van der Waals surface area contributed by atoms with Gasteiger partial charge in [-0.1, -0.05) is 11.6 Å². The van der Waals surface area contributed by atoms with Gasteiger partial charge in [0.25, 0.3) is 6.29 Å². The van der Waals surface area contributed by atoms with Gasteiger partial charge < -0.3 is 28.9 Å². The Morgan fingerprint density at radius 2 is 1.58 bits per heavy atom. The number of aliphatic carboxylic acids is 1.